The molecule has 0 aliphatic carbocycles. The molecule has 0 bridgehead atoms. The topological polar surface area (TPSA) is 58.6 Å². The average molecular weight is 443 g/mol. The third-order valence-electron chi connectivity index (χ3n) is 6.16. The van der Waals surface area contributed by atoms with Crippen LogP contribution in [-0.4, -0.2) is 36.0 Å². The number of likely N-dealkylation sites (tertiary alicyclic amines) is 1. The highest BCUT2D eigenvalue weighted by Crippen LogP contribution is 2.28. The fourth-order valence-electron chi connectivity index (χ4n) is 4.34. The quantitative estimate of drug-likeness (QED) is 0.564. The lowest BCUT2D eigenvalue weighted by Gasteiger charge is -2.34. The van der Waals surface area contributed by atoms with Gasteiger partial charge in [0.25, 0.3) is 0 Å². The third kappa shape index (κ3) is 6.45. The second-order valence-corrected chi connectivity index (χ2v) is 8.46. The van der Waals surface area contributed by atoms with Gasteiger partial charge in [-0.05, 0) is 35.4 Å². The van der Waals surface area contributed by atoms with E-state index in [9.17, 15) is 9.59 Å². The average Bonchev–Trinajstić information content (AvgIpc) is 2.88. The van der Waals surface area contributed by atoms with Crippen LogP contribution in [0, 0.1) is 0 Å². The summed E-state index contributed by atoms with van der Waals surface area (Å²) < 4.78 is 5.39. The van der Waals surface area contributed by atoms with Crippen molar-refractivity contribution in [3.63, 3.8) is 0 Å². The van der Waals surface area contributed by atoms with E-state index in [4.69, 9.17) is 4.74 Å². The van der Waals surface area contributed by atoms with Gasteiger partial charge in [-0.25, -0.2) is 4.79 Å². The molecule has 0 unspecified atom stereocenters. The van der Waals surface area contributed by atoms with E-state index in [0.29, 0.717) is 25.4 Å². The molecule has 33 heavy (non-hydrogen) atoms. The second-order valence-electron chi connectivity index (χ2n) is 8.46. The van der Waals surface area contributed by atoms with Gasteiger partial charge in [-0.2, -0.15) is 0 Å². The van der Waals surface area contributed by atoms with E-state index in [1.54, 1.807) is 0 Å². The molecule has 4 rings (SSSR count). The number of carbonyl (C=O) groups excluding carboxylic acids is 2. The van der Waals surface area contributed by atoms with Crippen LogP contribution in [0.25, 0.3) is 0 Å². The number of hydrogen-bond donors (Lipinski definition) is 1. The van der Waals surface area contributed by atoms with Gasteiger partial charge in [0.15, 0.2) is 0 Å². The Kier molecular flexibility index (Phi) is 7.75. The largest absolute Gasteiger partial charge is 0.445 e. The summed E-state index contributed by atoms with van der Waals surface area (Å²) in [6, 6.07) is 29.1. The molecule has 0 saturated carbocycles. The van der Waals surface area contributed by atoms with Crippen molar-refractivity contribution >= 4 is 12.0 Å². The van der Waals surface area contributed by atoms with Crippen molar-refractivity contribution in [3.8, 4) is 0 Å². The van der Waals surface area contributed by atoms with Crippen LogP contribution in [0.1, 0.15) is 35.4 Å². The summed E-state index contributed by atoms with van der Waals surface area (Å²) in [4.78, 5) is 27.8. The number of amides is 2. The van der Waals surface area contributed by atoms with Gasteiger partial charge in [-0.3, -0.25) is 4.79 Å². The summed E-state index contributed by atoms with van der Waals surface area (Å²) in [5.41, 5.74) is 3.23. The Morgan fingerprint density at radius 3 is 1.97 bits per heavy atom. The number of benzene rings is 3. The minimum atomic E-state index is -0.663. The van der Waals surface area contributed by atoms with Crippen LogP contribution in [0.3, 0.4) is 0 Å². The molecule has 0 spiro atoms. The van der Waals surface area contributed by atoms with Crippen molar-refractivity contribution in [2.75, 3.05) is 13.1 Å². The lowest BCUT2D eigenvalue weighted by atomic mass is 9.89. The van der Waals surface area contributed by atoms with E-state index in [1.807, 2.05) is 71.6 Å². The zero-order chi connectivity index (χ0) is 22.9. The molecular formula is C28H30N2O3. The SMILES string of the molecule is O=C(N[C@H](Cc1ccccc1)C(=O)N1CCC(c2ccccc2)CC1)OCc1ccccc1. The molecule has 1 atom stereocenters. The Balaban J connectivity index is 1.38. The first-order valence-electron chi connectivity index (χ1n) is 11.5. The highest BCUT2D eigenvalue weighted by molar-refractivity contribution is 5.86. The van der Waals surface area contributed by atoms with Crippen LogP contribution in [0.2, 0.25) is 0 Å². The lowest BCUT2D eigenvalue weighted by Crippen LogP contribution is -2.51. The van der Waals surface area contributed by atoms with E-state index >= 15 is 0 Å². The molecule has 2 amide bonds. The number of piperidine rings is 1. The first-order valence-corrected chi connectivity index (χ1v) is 11.5. The summed E-state index contributed by atoms with van der Waals surface area (Å²) in [6.45, 7) is 1.54. The monoisotopic (exact) mass is 442 g/mol. The number of rotatable bonds is 7. The normalized spacial score (nSPS) is 15.0. The maximum absolute atomic E-state index is 13.4. The number of carbonyl (C=O) groups is 2. The molecule has 1 heterocycles. The van der Waals surface area contributed by atoms with E-state index in [-0.39, 0.29) is 12.5 Å². The number of ether oxygens (including phenoxy) is 1. The van der Waals surface area contributed by atoms with Gasteiger partial charge < -0.3 is 15.0 Å². The first-order chi connectivity index (χ1) is 16.2. The molecule has 0 radical (unpaired) electrons. The van der Waals surface area contributed by atoms with E-state index in [2.05, 4.69) is 29.6 Å². The smallest absolute Gasteiger partial charge is 0.408 e. The maximum Gasteiger partial charge on any atom is 0.408 e. The van der Waals surface area contributed by atoms with Crippen LogP contribution < -0.4 is 5.32 Å². The summed E-state index contributed by atoms with van der Waals surface area (Å²) in [5.74, 6) is 0.411. The van der Waals surface area contributed by atoms with Crippen LogP contribution in [0.5, 0.6) is 0 Å². The summed E-state index contributed by atoms with van der Waals surface area (Å²) in [6.07, 6.45) is 1.70. The minimum Gasteiger partial charge on any atom is -0.445 e. The van der Waals surface area contributed by atoms with Gasteiger partial charge in [-0.1, -0.05) is 91.0 Å². The Hall–Kier alpha value is -3.60. The highest BCUT2D eigenvalue weighted by Gasteiger charge is 2.30. The van der Waals surface area contributed by atoms with Crippen molar-refractivity contribution < 1.29 is 14.3 Å². The minimum absolute atomic E-state index is 0.0537. The Morgan fingerprint density at radius 1 is 0.818 bits per heavy atom. The second kappa shape index (κ2) is 11.3. The van der Waals surface area contributed by atoms with E-state index in [1.165, 1.54) is 5.56 Å². The molecule has 3 aromatic rings. The lowest BCUT2D eigenvalue weighted by molar-refractivity contribution is -0.134. The van der Waals surface area contributed by atoms with E-state index in [0.717, 1.165) is 24.0 Å². The number of alkyl carbamates (subject to hydrolysis) is 1. The Labute approximate surface area is 195 Å². The zero-order valence-electron chi connectivity index (χ0n) is 18.7. The molecule has 5 heteroatoms. The molecule has 1 aliphatic rings. The molecular weight excluding hydrogens is 412 g/mol. The number of hydrogen-bond acceptors (Lipinski definition) is 3. The fourth-order valence-corrected chi connectivity index (χ4v) is 4.34. The van der Waals surface area contributed by atoms with Gasteiger partial charge in [0.05, 0.1) is 0 Å². The van der Waals surface area contributed by atoms with Crippen molar-refractivity contribution in [2.45, 2.75) is 37.8 Å². The predicted octanol–water partition coefficient (Wildman–Crippen LogP) is 4.93. The zero-order valence-corrected chi connectivity index (χ0v) is 18.7. The van der Waals surface area contributed by atoms with Gasteiger partial charge in [0.2, 0.25) is 5.91 Å². The van der Waals surface area contributed by atoms with E-state index < -0.39 is 12.1 Å². The summed E-state index contributed by atoms with van der Waals surface area (Å²) in [7, 11) is 0. The summed E-state index contributed by atoms with van der Waals surface area (Å²) >= 11 is 0. The molecule has 5 nitrogen and oxygen atoms in total. The van der Waals surface area contributed by atoms with Crippen LogP contribution in [0.4, 0.5) is 4.79 Å². The predicted molar refractivity (Wildman–Crippen MR) is 129 cm³/mol. The maximum atomic E-state index is 13.4. The Bertz CT molecular complexity index is 1020. The van der Waals surface area contributed by atoms with Crippen LogP contribution >= 0.6 is 0 Å². The molecule has 0 aromatic heterocycles. The fraction of sp³-hybridized carbons (Fsp3) is 0.286. The van der Waals surface area contributed by atoms with Crippen molar-refractivity contribution in [3.05, 3.63) is 108 Å². The standard InChI is InChI=1S/C28H30N2O3/c31-27(30-18-16-25(17-19-30)24-14-8-3-9-15-24)26(20-22-10-4-1-5-11-22)29-28(32)33-21-23-12-6-2-7-13-23/h1-15,25-26H,16-21H2,(H,29,32)/t26-/m1/s1. The highest BCUT2D eigenvalue weighted by atomic mass is 16.5. The van der Waals surface area contributed by atoms with Gasteiger partial charge in [-0.15, -0.1) is 0 Å². The van der Waals surface area contributed by atoms with Crippen molar-refractivity contribution in [1.82, 2.24) is 10.2 Å². The third-order valence-corrected chi connectivity index (χ3v) is 6.16. The Morgan fingerprint density at radius 2 is 1.36 bits per heavy atom. The van der Waals surface area contributed by atoms with Crippen LogP contribution in [0.15, 0.2) is 91.0 Å². The molecule has 1 aliphatic heterocycles. The van der Waals surface area contributed by atoms with Crippen molar-refractivity contribution in [2.24, 2.45) is 0 Å². The molecule has 1 N–H and O–H groups in total. The molecule has 1 fully saturated rings. The molecule has 1 saturated heterocycles. The molecule has 3 aromatic carbocycles. The summed E-state index contributed by atoms with van der Waals surface area (Å²) in [5, 5.41) is 2.82. The number of nitrogens with zero attached hydrogens (tertiary/aromatic N) is 1. The van der Waals surface area contributed by atoms with Crippen molar-refractivity contribution in [1.29, 1.82) is 0 Å². The van der Waals surface area contributed by atoms with Gasteiger partial charge in [0.1, 0.15) is 12.6 Å². The first kappa shape index (κ1) is 22.6. The molecule has 170 valence electrons. The van der Waals surface area contributed by atoms with Gasteiger partial charge in [0, 0.05) is 19.5 Å². The number of nitrogens with one attached hydrogen (secondary N) is 1. The van der Waals surface area contributed by atoms with Crippen LogP contribution in [-0.2, 0) is 22.6 Å². The van der Waals surface area contributed by atoms with Gasteiger partial charge >= 0.3 is 6.09 Å².